The molecule has 0 saturated carbocycles. The highest BCUT2D eigenvalue weighted by Gasteiger charge is 2.24. The second kappa shape index (κ2) is 6.70. The lowest BCUT2D eigenvalue weighted by Crippen LogP contribution is -2.33. The van der Waals surface area contributed by atoms with E-state index >= 15 is 0 Å². The third-order valence-corrected chi connectivity index (χ3v) is 4.07. The molecule has 5 heteroatoms. The Morgan fingerprint density at radius 3 is 2.95 bits per heavy atom. The summed E-state index contributed by atoms with van der Waals surface area (Å²) < 4.78 is 5.77. The maximum atomic E-state index is 8.82. The van der Waals surface area contributed by atoms with E-state index in [-0.39, 0.29) is 5.41 Å². The monoisotopic (exact) mass is 291 g/mol. The van der Waals surface area contributed by atoms with E-state index in [9.17, 15) is 0 Å². The molecule has 0 amide bonds. The summed E-state index contributed by atoms with van der Waals surface area (Å²) >= 11 is 0. The molecule has 1 heterocycles. The molecule has 0 saturated heterocycles. The van der Waals surface area contributed by atoms with Gasteiger partial charge >= 0.3 is 0 Å². The molecule has 1 aliphatic heterocycles. The number of ether oxygens (including phenoxy) is 1. The van der Waals surface area contributed by atoms with E-state index in [2.05, 4.69) is 16.1 Å². The smallest absolute Gasteiger partial charge is 0.144 e. The fourth-order valence-corrected chi connectivity index (χ4v) is 2.61. The molecule has 0 spiro atoms. The molecule has 0 fully saturated rings. The molecule has 21 heavy (non-hydrogen) atoms. The van der Waals surface area contributed by atoms with Gasteiger partial charge in [0.1, 0.15) is 11.6 Å². The number of amidine groups is 1. The molecule has 0 unspecified atom stereocenters. The number of fused-ring (bicyclic) bond motifs is 1. The van der Waals surface area contributed by atoms with Crippen LogP contribution in [0.4, 0.5) is 5.69 Å². The second-order valence-electron chi connectivity index (χ2n) is 6.13. The number of hydrogen-bond donors (Lipinski definition) is 2. The molecular formula is C16H25N3O2. The second-order valence-corrected chi connectivity index (χ2v) is 6.13. The lowest BCUT2D eigenvalue weighted by Gasteiger charge is -2.27. The Hall–Kier alpha value is -1.91. The van der Waals surface area contributed by atoms with Crippen molar-refractivity contribution in [1.29, 1.82) is 0 Å². The van der Waals surface area contributed by atoms with Crippen molar-refractivity contribution >= 4 is 11.5 Å². The topological polar surface area (TPSA) is 71.1 Å². The standard InChI is InChI=1S/C16H25N3O2/c1-16(2,15(17)18-20)9-5-10-19-11-6-12-21-14-8-4-3-7-13(14)19/h3-4,7-8,20H,5-6,9-12H2,1-2H3,(H2,17,18). The molecule has 2 rings (SSSR count). The Balaban J connectivity index is 1.97. The number of benzene rings is 1. The number of rotatable bonds is 5. The van der Waals surface area contributed by atoms with Gasteiger partial charge in [-0.2, -0.15) is 0 Å². The van der Waals surface area contributed by atoms with Gasteiger partial charge in [0.05, 0.1) is 12.3 Å². The zero-order valence-electron chi connectivity index (χ0n) is 12.9. The van der Waals surface area contributed by atoms with Crippen LogP contribution in [0.3, 0.4) is 0 Å². The summed E-state index contributed by atoms with van der Waals surface area (Å²) in [6.07, 6.45) is 2.89. The van der Waals surface area contributed by atoms with E-state index in [1.807, 2.05) is 32.0 Å². The maximum Gasteiger partial charge on any atom is 0.144 e. The van der Waals surface area contributed by atoms with Crippen molar-refractivity contribution in [2.45, 2.75) is 33.1 Å². The van der Waals surface area contributed by atoms with Crippen molar-refractivity contribution in [3.05, 3.63) is 24.3 Å². The Morgan fingerprint density at radius 1 is 1.43 bits per heavy atom. The van der Waals surface area contributed by atoms with Crippen LogP contribution in [0.5, 0.6) is 5.75 Å². The minimum absolute atomic E-state index is 0.281. The van der Waals surface area contributed by atoms with Crippen molar-refractivity contribution < 1.29 is 9.94 Å². The molecule has 1 aromatic rings. The van der Waals surface area contributed by atoms with Crippen molar-refractivity contribution in [2.24, 2.45) is 16.3 Å². The number of nitrogens with zero attached hydrogens (tertiary/aromatic N) is 2. The van der Waals surface area contributed by atoms with Crippen LogP contribution in [0.15, 0.2) is 29.4 Å². The van der Waals surface area contributed by atoms with Crippen LogP contribution in [-0.2, 0) is 0 Å². The average Bonchev–Trinajstić information content (AvgIpc) is 2.69. The zero-order chi connectivity index (χ0) is 15.3. The summed E-state index contributed by atoms with van der Waals surface area (Å²) in [5, 5.41) is 12.0. The van der Waals surface area contributed by atoms with E-state index in [1.165, 1.54) is 0 Å². The van der Waals surface area contributed by atoms with Gasteiger partial charge in [-0.15, -0.1) is 0 Å². The van der Waals surface area contributed by atoms with Gasteiger partial charge in [-0.25, -0.2) is 0 Å². The first kappa shape index (κ1) is 15.5. The molecule has 116 valence electrons. The summed E-state index contributed by atoms with van der Waals surface area (Å²) in [6, 6.07) is 8.17. The molecule has 5 nitrogen and oxygen atoms in total. The Bertz CT molecular complexity index is 500. The summed E-state index contributed by atoms with van der Waals surface area (Å²) in [5.74, 6) is 1.26. The number of oxime groups is 1. The van der Waals surface area contributed by atoms with E-state index < -0.39 is 0 Å². The highest BCUT2D eigenvalue weighted by molar-refractivity contribution is 5.85. The van der Waals surface area contributed by atoms with Crippen LogP contribution < -0.4 is 15.4 Å². The van der Waals surface area contributed by atoms with Gasteiger partial charge in [0.15, 0.2) is 0 Å². The molecule has 0 radical (unpaired) electrons. The highest BCUT2D eigenvalue weighted by Crippen LogP contribution is 2.31. The zero-order valence-corrected chi connectivity index (χ0v) is 12.9. The third kappa shape index (κ3) is 3.80. The van der Waals surface area contributed by atoms with E-state index in [1.54, 1.807) is 0 Å². The third-order valence-electron chi connectivity index (χ3n) is 4.07. The molecule has 0 atom stereocenters. The van der Waals surface area contributed by atoms with Gasteiger partial charge in [-0.3, -0.25) is 0 Å². The lowest BCUT2D eigenvalue weighted by atomic mass is 9.86. The molecular weight excluding hydrogens is 266 g/mol. The first-order chi connectivity index (χ1) is 10.0. The van der Waals surface area contributed by atoms with Gasteiger partial charge in [-0.05, 0) is 31.4 Å². The number of anilines is 1. The van der Waals surface area contributed by atoms with Crippen LogP contribution >= 0.6 is 0 Å². The molecule has 0 bridgehead atoms. The molecule has 3 N–H and O–H groups in total. The summed E-state index contributed by atoms with van der Waals surface area (Å²) in [5.41, 5.74) is 6.62. The minimum Gasteiger partial charge on any atom is -0.491 e. The fraction of sp³-hybridized carbons (Fsp3) is 0.562. The van der Waals surface area contributed by atoms with Crippen LogP contribution in [-0.4, -0.2) is 30.7 Å². The predicted octanol–water partition coefficient (Wildman–Crippen LogP) is 2.83. The SMILES string of the molecule is CC(C)(CCCN1CCCOc2ccccc21)/C(N)=N/O. The largest absolute Gasteiger partial charge is 0.491 e. The van der Waals surface area contributed by atoms with E-state index in [0.29, 0.717) is 5.84 Å². The number of para-hydroxylation sites is 2. The summed E-state index contributed by atoms with van der Waals surface area (Å²) in [7, 11) is 0. The number of nitrogens with two attached hydrogens (primary N) is 1. The summed E-state index contributed by atoms with van der Waals surface area (Å²) in [4.78, 5) is 2.37. The van der Waals surface area contributed by atoms with Crippen molar-refractivity contribution in [3.8, 4) is 5.75 Å². The van der Waals surface area contributed by atoms with Gasteiger partial charge in [0, 0.05) is 18.5 Å². The van der Waals surface area contributed by atoms with E-state index in [0.717, 1.165) is 50.4 Å². The van der Waals surface area contributed by atoms with Crippen LogP contribution in [0.25, 0.3) is 0 Å². The molecule has 1 aromatic carbocycles. The van der Waals surface area contributed by atoms with Crippen molar-refractivity contribution in [1.82, 2.24) is 0 Å². The normalized spacial score (nSPS) is 16.1. The maximum absolute atomic E-state index is 8.82. The fourth-order valence-electron chi connectivity index (χ4n) is 2.61. The van der Waals surface area contributed by atoms with Crippen LogP contribution in [0, 0.1) is 5.41 Å². The first-order valence-corrected chi connectivity index (χ1v) is 7.49. The van der Waals surface area contributed by atoms with Crippen molar-refractivity contribution in [2.75, 3.05) is 24.6 Å². The molecule has 1 aliphatic rings. The molecule has 0 aromatic heterocycles. The van der Waals surface area contributed by atoms with Gasteiger partial charge < -0.3 is 20.6 Å². The highest BCUT2D eigenvalue weighted by atomic mass is 16.5. The Labute approximate surface area is 126 Å². The van der Waals surface area contributed by atoms with E-state index in [4.69, 9.17) is 15.7 Å². The first-order valence-electron chi connectivity index (χ1n) is 7.49. The lowest BCUT2D eigenvalue weighted by molar-refractivity contribution is 0.304. The Kier molecular flexibility index (Phi) is 4.94. The quantitative estimate of drug-likeness (QED) is 0.379. The van der Waals surface area contributed by atoms with Gasteiger partial charge in [0.25, 0.3) is 0 Å². The Morgan fingerprint density at radius 2 is 2.19 bits per heavy atom. The van der Waals surface area contributed by atoms with Gasteiger partial charge in [-0.1, -0.05) is 31.1 Å². The van der Waals surface area contributed by atoms with Crippen LogP contribution in [0.2, 0.25) is 0 Å². The summed E-state index contributed by atoms with van der Waals surface area (Å²) in [6.45, 7) is 6.72. The predicted molar refractivity (Wildman–Crippen MR) is 85.2 cm³/mol. The average molecular weight is 291 g/mol. The van der Waals surface area contributed by atoms with Crippen LogP contribution in [0.1, 0.15) is 33.1 Å². The number of hydrogen-bond acceptors (Lipinski definition) is 4. The van der Waals surface area contributed by atoms with Crippen molar-refractivity contribution in [3.63, 3.8) is 0 Å². The minimum atomic E-state index is -0.281. The van der Waals surface area contributed by atoms with Gasteiger partial charge in [0.2, 0.25) is 0 Å². The molecule has 0 aliphatic carbocycles.